The summed E-state index contributed by atoms with van der Waals surface area (Å²) in [6.07, 6.45) is 2.63. The zero-order valence-electron chi connectivity index (χ0n) is 14.0. The molecule has 136 valence electrons. The Labute approximate surface area is 146 Å². The average Bonchev–Trinajstić information content (AvgIpc) is 2.58. The zero-order valence-corrected chi connectivity index (χ0v) is 14.8. The van der Waals surface area contributed by atoms with Gasteiger partial charge < -0.3 is 14.0 Å². The van der Waals surface area contributed by atoms with E-state index in [0.717, 1.165) is 11.8 Å². The number of aromatic nitrogens is 1. The lowest BCUT2D eigenvalue weighted by Gasteiger charge is -2.10. The SMILES string of the molecule is CS(=O)(=O)OCCOCCn1cccc(OCc2ccccc2)c1=O. The molecule has 1 aromatic heterocycles. The lowest BCUT2D eigenvalue weighted by Crippen LogP contribution is -2.23. The summed E-state index contributed by atoms with van der Waals surface area (Å²) in [5, 5.41) is 0. The first-order valence-corrected chi connectivity index (χ1v) is 9.56. The van der Waals surface area contributed by atoms with E-state index in [1.54, 1.807) is 18.3 Å². The van der Waals surface area contributed by atoms with Crippen molar-refractivity contribution in [1.29, 1.82) is 0 Å². The van der Waals surface area contributed by atoms with Gasteiger partial charge in [0.1, 0.15) is 6.61 Å². The van der Waals surface area contributed by atoms with E-state index in [-0.39, 0.29) is 31.1 Å². The van der Waals surface area contributed by atoms with Crippen molar-refractivity contribution in [3.8, 4) is 5.75 Å². The summed E-state index contributed by atoms with van der Waals surface area (Å²) in [7, 11) is -3.46. The number of benzene rings is 1. The Hall–Kier alpha value is -2.16. The molecule has 0 amide bonds. The summed E-state index contributed by atoms with van der Waals surface area (Å²) in [5.74, 6) is 0.270. The van der Waals surface area contributed by atoms with Crippen LogP contribution in [0.25, 0.3) is 0 Å². The molecule has 0 unspecified atom stereocenters. The Bertz CT molecular complexity index is 817. The van der Waals surface area contributed by atoms with Gasteiger partial charge in [0.05, 0.1) is 26.1 Å². The van der Waals surface area contributed by atoms with E-state index >= 15 is 0 Å². The predicted molar refractivity (Wildman–Crippen MR) is 93.1 cm³/mol. The quantitative estimate of drug-likeness (QED) is 0.466. The molecule has 2 aromatic rings. The van der Waals surface area contributed by atoms with Gasteiger partial charge in [-0.1, -0.05) is 30.3 Å². The van der Waals surface area contributed by atoms with E-state index in [4.69, 9.17) is 9.47 Å². The fourth-order valence-electron chi connectivity index (χ4n) is 2.05. The summed E-state index contributed by atoms with van der Waals surface area (Å²) in [6, 6.07) is 12.9. The third-order valence-electron chi connectivity index (χ3n) is 3.22. The van der Waals surface area contributed by atoms with Crippen LogP contribution in [0.2, 0.25) is 0 Å². The van der Waals surface area contributed by atoms with E-state index in [2.05, 4.69) is 4.18 Å². The molecular formula is C17H21NO6S. The zero-order chi connectivity index (χ0) is 18.1. The standard InChI is InChI=1S/C17H21NO6S/c1-25(20,21)24-13-12-22-11-10-18-9-5-8-16(17(18)19)23-14-15-6-3-2-4-7-15/h2-9H,10-14H2,1H3. The normalized spacial score (nSPS) is 11.4. The second kappa shape index (κ2) is 9.36. The van der Waals surface area contributed by atoms with E-state index in [0.29, 0.717) is 13.2 Å². The molecule has 2 rings (SSSR count). The maximum Gasteiger partial charge on any atom is 0.292 e. The van der Waals surface area contributed by atoms with Crippen LogP contribution in [-0.4, -0.2) is 39.1 Å². The molecule has 0 atom stereocenters. The van der Waals surface area contributed by atoms with E-state index in [1.165, 1.54) is 4.57 Å². The average molecular weight is 367 g/mol. The van der Waals surface area contributed by atoms with Gasteiger partial charge in [0.15, 0.2) is 5.75 Å². The van der Waals surface area contributed by atoms with Gasteiger partial charge in [-0.15, -0.1) is 0 Å². The molecule has 0 bridgehead atoms. The van der Waals surface area contributed by atoms with Gasteiger partial charge >= 0.3 is 0 Å². The van der Waals surface area contributed by atoms with Crippen molar-refractivity contribution in [1.82, 2.24) is 4.57 Å². The van der Waals surface area contributed by atoms with Gasteiger partial charge in [-0.05, 0) is 17.7 Å². The molecule has 0 radical (unpaired) electrons. The van der Waals surface area contributed by atoms with Crippen LogP contribution in [0.5, 0.6) is 5.75 Å². The second-order valence-electron chi connectivity index (χ2n) is 5.28. The molecule has 7 nitrogen and oxygen atoms in total. The lowest BCUT2D eigenvalue weighted by atomic mass is 10.2. The first kappa shape index (κ1) is 19.2. The number of nitrogens with zero attached hydrogens (tertiary/aromatic N) is 1. The minimum Gasteiger partial charge on any atom is -0.483 e. The van der Waals surface area contributed by atoms with Gasteiger partial charge in [-0.3, -0.25) is 8.98 Å². The minimum absolute atomic E-state index is 0.0477. The molecule has 0 aliphatic carbocycles. The summed E-state index contributed by atoms with van der Waals surface area (Å²) in [4.78, 5) is 12.3. The Morgan fingerprint density at radius 1 is 1.00 bits per heavy atom. The summed E-state index contributed by atoms with van der Waals surface area (Å²) in [6.45, 7) is 0.995. The number of pyridine rings is 1. The van der Waals surface area contributed by atoms with Crippen LogP contribution in [0.3, 0.4) is 0 Å². The minimum atomic E-state index is -3.46. The smallest absolute Gasteiger partial charge is 0.292 e. The Kier molecular flexibility index (Phi) is 7.17. The van der Waals surface area contributed by atoms with E-state index in [9.17, 15) is 13.2 Å². The summed E-state index contributed by atoms with van der Waals surface area (Å²) < 4.78 is 38.5. The molecule has 1 heterocycles. The fourth-order valence-corrected chi connectivity index (χ4v) is 2.42. The van der Waals surface area contributed by atoms with Crippen molar-refractivity contribution < 1.29 is 22.1 Å². The van der Waals surface area contributed by atoms with Crippen molar-refractivity contribution in [3.63, 3.8) is 0 Å². The molecule has 1 aromatic carbocycles. The first-order valence-electron chi connectivity index (χ1n) is 7.74. The maximum atomic E-state index is 12.3. The topological polar surface area (TPSA) is 83.8 Å². The second-order valence-corrected chi connectivity index (χ2v) is 6.93. The molecule has 0 saturated heterocycles. The van der Waals surface area contributed by atoms with E-state index < -0.39 is 10.1 Å². The number of rotatable bonds is 10. The van der Waals surface area contributed by atoms with Crippen LogP contribution in [0, 0.1) is 0 Å². The van der Waals surface area contributed by atoms with Crippen molar-refractivity contribution in [2.24, 2.45) is 0 Å². The molecule has 0 aliphatic rings. The van der Waals surface area contributed by atoms with Crippen molar-refractivity contribution >= 4 is 10.1 Å². The molecule has 0 saturated carbocycles. The highest BCUT2D eigenvalue weighted by atomic mass is 32.2. The van der Waals surface area contributed by atoms with Gasteiger partial charge in [0, 0.05) is 12.7 Å². The molecular weight excluding hydrogens is 346 g/mol. The highest BCUT2D eigenvalue weighted by molar-refractivity contribution is 7.85. The van der Waals surface area contributed by atoms with Crippen molar-refractivity contribution in [3.05, 3.63) is 64.6 Å². The third-order valence-corrected chi connectivity index (χ3v) is 3.82. The Morgan fingerprint density at radius 3 is 2.48 bits per heavy atom. The highest BCUT2D eigenvalue weighted by Crippen LogP contribution is 2.07. The monoisotopic (exact) mass is 367 g/mol. The van der Waals surface area contributed by atoms with Crippen LogP contribution in [0.1, 0.15) is 5.56 Å². The maximum absolute atomic E-state index is 12.3. The molecule has 0 N–H and O–H groups in total. The van der Waals surface area contributed by atoms with Crippen LogP contribution < -0.4 is 10.3 Å². The van der Waals surface area contributed by atoms with Gasteiger partial charge in [-0.25, -0.2) is 0 Å². The van der Waals surface area contributed by atoms with Crippen LogP contribution in [0.15, 0.2) is 53.5 Å². The van der Waals surface area contributed by atoms with Gasteiger partial charge in [-0.2, -0.15) is 8.42 Å². The van der Waals surface area contributed by atoms with Gasteiger partial charge in [0.25, 0.3) is 15.7 Å². The van der Waals surface area contributed by atoms with Crippen LogP contribution >= 0.6 is 0 Å². The van der Waals surface area contributed by atoms with Crippen molar-refractivity contribution in [2.45, 2.75) is 13.2 Å². The molecule has 25 heavy (non-hydrogen) atoms. The van der Waals surface area contributed by atoms with Crippen LogP contribution in [0.4, 0.5) is 0 Å². The largest absolute Gasteiger partial charge is 0.483 e. The Morgan fingerprint density at radius 2 is 1.76 bits per heavy atom. The molecule has 0 fully saturated rings. The highest BCUT2D eigenvalue weighted by Gasteiger charge is 2.05. The Balaban J connectivity index is 1.81. The molecule has 0 spiro atoms. The molecule has 0 aliphatic heterocycles. The molecule has 8 heteroatoms. The summed E-state index contributed by atoms with van der Waals surface area (Å²) >= 11 is 0. The lowest BCUT2D eigenvalue weighted by molar-refractivity contribution is 0.0958. The first-order chi connectivity index (χ1) is 12.0. The van der Waals surface area contributed by atoms with Gasteiger partial charge in [0.2, 0.25) is 0 Å². The fraction of sp³-hybridized carbons (Fsp3) is 0.353. The number of hydrogen-bond donors (Lipinski definition) is 0. The van der Waals surface area contributed by atoms with Crippen molar-refractivity contribution in [2.75, 3.05) is 26.1 Å². The van der Waals surface area contributed by atoms with Crippen LogP contribution in [-0.2, 0) is 32.2 Å². The predicted octanol–water partition coefficient (Wildman–Crippen LogP) is 1.42. The van der Waals surface area contributed by atoms with E-state index in [1.807, 2.05) is 30.3 Å². The number of ether oxygens (including phenoxy) is 2. The third kappa shape index (κ3) is 7.08. The number of hydrogen-bond acceptors (Lipinski definition) is 6. The summed E-state index contributed by atoms with van der Waals surface area (Å²) in [5.41, 5.74) is 0.737.